The van der Waals surface area contributed by atoms with E-state index in [4.69, 9.17) is 4.42 Å². The van der Waals surface area contributed by atoms with Crippen molar-refractivity contribution in [3.63, 3.8) is 0 Å². The van der Waals surface area contributed by atoms with Gasteiger partial charge in [0.25, 0.3) is 0 Å². The van der Waals surface area contributed by atoms with Crippen molar-refractivity contribution >= 4 is 21.6 Å². The molecule has 118 valence electrons. The molecule has 0 fully saturated rings. The quantitative estimate of drug-likeness (QED) is 0.853. The van der Waals surface area contributed by atoms with Crippen molar-refractivity contribution in [1.29, 1.82) is 0 Å². The zero-order chi connectivity index (χ0) is 16.2. The standard InChI is InChI=1S/C15H18N2O4S/c1-11(10-14-4-3-9-21-14)17-22(19,20)15-7-5-13(6-8-15)16-12(2)18/h3-9,11,17H,10H2,1-2H3,(H,16,18). The molecule has 0 saturated carbocycles. The van der Waals surface area contributed by atoms with Gasteiger partial charge >= 0.3 is 0 Å². The summed E-state index contributed by atoms with van der Waals surface area (Å²) in [4.78, 5) is 11.1. The summed E-state index contributed by atoms with van der Waals surface area (Å²) in [6.45, 7) is 3.16. The van der Waals surface area contributed by atoms with E-state index in [-0.39, 0.29) is 16.8 Å². The smallest absolute Gasteiger partial charge is 0.240 e. The van der Waals surface area contributed by atoms with Gasteiger partial charge in [0.15, 0.2) is 0 Å². The molecule has 0 aliphatic heterocycles. The number of nitrogens with one attached hydrogen (secondary N) is 2. The first-order valence-electron chi connectivity index (χ1n) is 6.79. The summed E-state index contributed by atoms with van der Waals surface area (Å²) in [5.41, 5.74) is 0.551. The lowest BCUT2D eigenvalue weighted by Gasteiger charge is -2.13. The molecule has 2 N–H and O–H groups in total. The van der Waals surface area contributed by atoms with Gasteiger partial charge in [-0.1, -0.05) is 0 Å². The van der Waals surface area contributed by atoms with E-state index in [1.165, 1.54) is 19.1 Å². The summed E-state index contributed by atoms with van der Waals surface area (Å²) in [6, 6.07) is 9.26. The molecule has 0 aliphatic carbocycles. The predicted octanol–water partition coefficient (Wildman–Crippen LogP) is 2.15. The van der Waals surface area contributed by atoms with E-state index < -0.39 is 10.0 Å². The van der Waals surface area contributed by atoms with Crippen LogP contribution in [0.4, 0.5) is 5.69 Å². The lowest BCUT2D eigenvalue weighted by atomic mass is 10.2. The number of furan rings is 1. The number of benzene rings is 1. The molecule has 22 heavy (non-hydrogen) atoms. The van der Waals surface area contributed by atoms with E-state index in [2.05, 4.69) is 10.0 Å². The monoisotopic (exact) mass is 322 g/mol. The number of sulfonamides is 1. The summed E-state index contributed by atoms with van der Waals surface area (Å²) in [6.07, 6.45) is 2.02. The topological polar surface area (TPSA) is 88.4 Å². The second-order valence-corrected chi connectivity index (χ2v) is 6.73. The van der Waals surface area contributed by atoms with E-state index in [9.17, 15) is 13.2 Å². The van der Waals surface area contributed by atoms with Crippen LogP contribution < -0.4 is 10.0 Å². The maximum Gasteiger partial charge on any atom is 0.240 e. The van der Waals surface area contributed by atoms with Crippen molar-refractivity contribution in [3.8, 4) is 0 Å². The van der Waals surface area contributed by atoms with Crippen molar-refractivity contribution in [2.75, 3.05) is 5.32 Å². The van der Waals surface area contributed by atoms with Crippen LogP contribution in [0.2, 0.25) is 0 Å². The lowest BCUT2D eigenvalue weighted by Crippen LogP contribution is -2.34. The molecule has 1 unspecified atom stereocenters. The molecule has 7 heteroatoms. The summed E-state index contributed by atoms with van der Waals surface area (Å²) in [5, 5.41) is 2.59. The molecule has 1 aromatic heterocycles. The second-order valence-electron chi connectivity index (χ2n) is 5.01. The third-order valence-corrected chi connectivity index (χ3v) is 4.53. The molecule has 0 radical (unpaired) electrons. The Morgan fingerprint density at radius 1 is 1.23 bits per heavy atom. The third-order valence-electron chi connectivity index (χ3n) is 2.93. The number of anilines is 1. The third kappa shape index (κ3) is 4.44. The Bertz CT molecular complexity index is 721. The van der Waals surface area contributed by atoms with Gasteiger partial charge in [-0.25, -0.2) is 13.1 Å². The van der Waals surface area contributed by atoms with Crippen LogP contribution in [-0.4, -0.2) is 20.4 Å². The molecule has 1 atom stereocenters. The van der Waals surface area contributed by atoms with Gasteiger partial charge in [-0.3, -0.25) is 4.79 Å². The van der Waals surface area contributed by atoms with E-state index in [1.54, 1.807) is 37.5 Å². The van der Waals surface area contributed by atoms with Gasteiger partial charge < -0.3 is 9.73 Å². The minimum Gasteiger partial charge on any atom is -0.469 e. The van der Waals surface area contributed by atoms with Crippen LogP contribution in [0.15, 0.2) is 52.0 Å². The highest BCUT2D eigenvalue weighted by atomic mass is 32.2. The number of hydrogen-bond acceptors (Lipinski definition) is 4. The molecule has 0 spiro atoms. The summed E-state index contributed by atoms with van der Waals surface area (Å²) < 4.78 is 32.3. The maximum absolute atomic E-state index is 12.3. The fourth-order valence-electron chi connectivity index (χ4n) is 2.03. The lowest BCUT2D eigenvalue weighted by molar-refractivity contribution is -0.114. The summed E-state index contributed by atoms with van der Waals surface area (Å²) in [5.74, 6) is 0.511. The fourth-order valence-corrected chi connectivity index (χ4v) is 3.27. The molecule has 0 saturated heterocycles. The number of rotatable bonds is 6. The van der Waals surface area contributed by atoms with Crippen LogP contribution in [0, 0.1) is 0 Å². The van der Waals surface area contributed by atoms with E-state index >= 15 is 0 Å². The van der Waals surface area contributed by atoms with Crippen molar-refractivity contribution in [2.24, 2.45) is 0 Å². The second kappa shape index (κ2) is 6.76. The first-order chi connectivity index (χ1) is 10.4. The van der Waals surface area contributed by atoms with Gasteiger partial charge in [-0.15, -0.1) is 0 Å². The minimum atomic E-state index is -3.61. The highest BCUT2D eigenvalue weighted by molar-refractivity contribution is 7.89. The van der Waals surface area contributed by atoms with Crippen LogP contribution in [0.25, 0.3) is 0 Å². The van der Waals surface area contributed by atoms with Crippen LogP contribution in [0.1, 0.15) is 19.6 Å². The Balaban J connectivity index is 2.04. The van der Waals surface area contributed by atoms with Crippen LogP contribution in [-0.2, 0) is 21.2 Å². The largest absolute Gasteiger partial charge is 0.469 e. The van der Waals surface area contributed by atoms with E-state index in [1.807, 2.05) is 0 Å². The molecule has 6 nitrogen and oxygen atoms in total. The van der Waals surface area contributed by atoms with Crippen molar-refractivity contribution in [1.82, 2.24) is 4.72 Å². The average Bonchev–Trinajstić information content (AvgIpc) is 2.90. The number of amides is 1. The number of hydrogen-bond donors (Lipinski definition) is 2. The number of carbonyl (C=O) groups excluding carboxylic acids is 1. The first kappa shape index (κ1) is 16.3. The Morgan fingerprint density at radius 3 is 2.45 bits per heavy atom. The Morgan fingerprint density at radius 2 is 1.91 bits per heavy atom. The SMILES string of the molecule is CC(=O)Nc1ccc(S(=O)(=O)NC(C)Cc2ccco2)cc1. The van der Waals surface area contributed by atoms with Crippen molar-refractivity contribution in [2.45, 2.75) is 31.2 Å². The van der Waals surface area contributed by atoms with Crippen molar-refractivity contribution < 1.29 is 17.6 Å². The average molecular weight is 322 g/mol. The van der Waals surface area contributed by atoms with Gasteiger partial charge in [0.2, 0.25) is 15.9 Å². The van der Waals surface area contributed by atoms with E-state index in [0.29, 0.717) is 12.1 Å². The summed E-state index contributed by atoms with van der Waals surface area (Å²) >= 11 is 0. The normalized spacial score (nSPS) is 12.8. The maximum atomic E-state index is 12.3. The molecule has 1 heterocycles. The fraction of sp³-hybridized carbons (Fsp3) is 0.267. The number of carbonyl (C=O) groups is 1. The van der Waals surface area contributed by atoms with Gasteiger partial charge in [0.05, 0.1) is 11.2 Å². The van der Waals surface area contributed by atoms with Gasteiger partial charge in [0.1, 0.15) is 5.76 Å². The van der Waals surface area contributed by atoms with Crippen LogP contribution in [0.5, 0.6) is 0 Å². The van der Waals surface area contributed by atoms with E-state index in [0.717, 1.165) is 5.76 Å². The van der Waals surface area contributed by atoms with Crippen LogP contribution in [0.3, 0.4) is 0 Å². The van der Waals surface area contributed by atoms with Crippen molar-refractivity contribution in [3.05, 3.63) is 48.4 Å². The molecule has 0 bridgehead atoms. The highest BCUT2D eigenvalue weighted by Gasteiger charge is 2.18. The molecule has 1 amide bonds. The Labute approximate surface area is 129 Å². The molecular weight excluding hydrogens is 304 g/mol. The van der Waals surface area contributed by atoms with Crippen LogP contribution >= 0.6 is 0 Å². The van der Waals surface area contributed by atoms with Gasteiger partial charge in [0, 0.05) is 25.1 Å². The Kier molecular flexibility index (Phi) is 4.99. The zero-order valence-corrected chi connectivity index (χ0v) is 13.2. The first-order valence-corrected chi connectivity index (χ1v) is 8.27. The molecule has 2 aromatic rings. The van der Waals surface area contributed by atoms with Gasteiger partial charge in [-0.05, 0) is 43.3 Å². The predicted molar refractivity (Wildman–Crippen MR) is 82.9 cm³/mol. The minimum absolute atomic E-state index is 0.146. The molecule has 0 aliphatic rings. The van der Waals surface area contributed by atoms with Gasteiger partial charge in [-0.2, -0.15) is 0 Å². The zero-order valence-electron chi connectivity index (χ0n) is 12.4. The Hall–Kier alpha value is -2.12. The molecular formula is C15H18N2O4S. The molecule has 1 aromatic carbocycles. The highest BCUT2D eigenvalue weighted by Crippen LogP contribution is 2.15. The summed E-state index contributed by atoms with van der Waals surface area (Å²) in [7, 11) is -3.61. The molecule has 2 rings (SSSR count).